The van der Waals surface area contributed by atoms with Crippen molar-refractivity contribution in [1.82, 2.24) is 5.32 Å². The topological polar surface area (TPSA) is 95.9 Å². The second-order valence-corrected chi connectivity index (χ2v) is 20.8. The Labute approximate surface area is 412 Å². The standard InChI is InChI=1S/C60H117NO5/c1-4-7-10-13-16-19-22-25-28-30-31-33-36-39-42-45-48-51-56(66-60(65)53-50-47-44-41-38-35-27-24-21-18-15-12-9-6-3)54-59(64)61-57(55-62)58(63)52-49-46-43-40-37-34-32-29-26-23-20-17-14-11-8-5-2/h35,38,56-58,62-63H,4-34,36-37,39-55H2,1-3H3,(H,61,64)/b38-35-. The Morgan fingerprint density at radius 2 is 0.727 bits per heavy atom. The van der Waals surface area contributed by atoms with E-state index in [0.717, 1.165) is 51.4 Å². The number of rotatable bonds is 55. The van der Waals surface area contributed by atoms with Crippen molar-refractivity contribution in [2.75, 3.05) is 6.61 Å². The summed E-state index contributed by atoms with van der Waals surface area (Å²) >= 11 is 0. The second kappa shape index (κ2) is 54.5. The Bertz CT molecular complexity index is 1000. The molecule has 0 aliphatic heterocycles. The minimum atomic E-state index is -0.785. The van der Waals surface area contributed by atoms with Crippen LogP contribution in [0.1, 0.15) is 335 Å². The molecule has 3 atom stereocenters. The molecule has 0 bridgehead atoms. The highest BCUT2D eigenvalue weighted by Crippen LogP contribution is 2.19. The number of hydrogen-bond donors (Lipinski definition) is 3. The number of allylic oxidation sites excluding steroid dienone is 2. The van der Waals surface area contributed by atoms with Gasteiger partial charge in [0.25, 0.3) is 0 Å². The molecule has 0 fully saturated rings. The lowest BCUT2D eigenvalue weighted by molar-refractivity contribution is -0.151. The predicted octanol–water partition coefficient (Wildman–Crippen LogP) is 18.5. The molecule has 3 unspecified atom stereocenters. The van der Waals surface area contributed by atoms with E-state index in [9.17, 15) is 19.8 Å². The molecular weight excluding hydrogens is 815 g/mol. The SMILES string of the molecule is CCCCCCCCC/C=C\CCCCCC(=O)OC(CCCCCCCCCCCCCCCCCCC)CC(=O)NC(CO)C(O)CCCCCCCCCCCCCCCCCC. The summed E-state index contributed by atoms with van der Waals surface area (Å²) in [5.74, 6) is -0.468. The Balaban J connectivity index is 4.51. The molecule has 0 heterocycles. The summed E-state index contributed by atoms with van der Waals surface area (Å²) in [6, 6.07) is -0.699. The van der Waals surface area contributed by atoms with E-state index in [1.807, 2.05) is 0 Å². The average molecular weight is 933 g/mol. The van der Waals surface area contributed by atoms with Crippen LogP contribution in [0.5, 0.6) is 0 Å². The maximum absolute atomic E-state index is 13.3. The van der Waals surface area contributed by atoms with Gasteiger partial charge in [0, 0.05) is 6.42 Å². The largest absolute Gasteiger partial charge is 0.462 e. The minimum Gasteiger partial charge on any atom is -0.462 e. The van der Waals surface area contributed by atoms with Crippen molar-refractivity contribution in [3.8, 4) is 0 Å². The van der Waals surface area contributed by atoms with Crippen LogP contribution in [0.3, 0.4) is 0 Å². The molecule has 66 heavy (non-hydrogen) atoms. The highest BCUT2D eigenvalue weighted by molar-refractivity contribution is 5.77. The van der Waals surface area contributed by atoms with Crippen molar-refractivity contribution >= 4 is 11.9 Å². The third-order valence-corrected chi connectivity index (χ3v) is 14.1. The number of aliphatic hydroxyl groups excluding tert-OH is 2. The summed E-state index contributed by atoms with van der Waals surface area (Å²) in [7, 11) is 0. The van der Waals surface area contributed by atoms with Crippen LogP contribution in [0, 0.1) is 0 Å². The van der Waals surface area contributed by atoms with Crippen LogP contribution in [0.25, 0.3) is 0 Å². The van der Waals surface area contributed by atoms with Gasteiger partial charge in [-0.3, -0.25) is 9.59 Å². The smallest absolute Gasteiger partial charge is 0.306 e. The van der Waals surface area contributed by atoms with Gasteiger partial charge in [-0.05, 0) is 51.4 Å². The first kappa shape index (κ1) is 64.6. The predicted molar refractivity (Wildman–Crippen MR) is 287 cm³/mol. The van der Waals surface area contributed by atoms with Gasteiger partial charge in [0.2, 0.25) is 5.91 Å². The van der Waals surface area contributed by atoms with Crippen molar-refractivity contribution in [2.45, 2.75) is 354 Å². The molecule has 0 radical (unpaired) electrons. The van der Waals surface area contributed by atoms with Crippen molar-refractivity contribution in [3.05, 3.63) is 12.2 Å². The fourth-order valence-corrected chi connectivity index (χ4v) is 9.55. The number of nitrogens with one attached hydrogen (secondary N) is 1. The number of unbranched alkanes of at least 4 members (excludes halogenated alkanes) is 41. The highest BCUT2D eigenvalue weighted by atomic mass is 16.5. The first-order valence-electron chi connectivity index (χ1n) is 29.9. The zero-order chi connectivity index (χ0) is 48.1. The zero-order valence-corrected chi connectivity index (χ0v) is 44.9. The number of aliphatic hydroxyl groups is 2. The van der Waals surface area contributed by atoms with Gasteiger partial charge in [0.15, 0.2) is 0 Å². The summed E-state index contributed by atoms with van der Waals surface area (Å²) in [6.45, 7) is 6.53. The summed E-state index contributed by atoms with van der Waals surface area (Å²) in [5.41, 5.74) is 0. The molecule has 0 aliphatic carbocycles. The van der Waals surface area contributed by atoms with Gasteiger partial charge in [0.05, 0.1) is 25.2 Å². The Morgan fingerprint density at radius 3 is 1.08 bits per heavy atom. The lowest BCUT2D eigenvalue weighted by Gasteiger charge is -2.24. The number of esters is 1. The van der Waals surface area contributed by atoms with Crippen molar-refractivity contribution in [3.63, 3.8) is 0 Å². The number of amides is 1. The van der Waals surface area contributed by atoms with Gasteiger partial charge in [-0.1, -0.05) is 283 Å². The normalized spacial score (nSPS) is 13.1. The molecule has 0 aromatic heterocycles. The summed E-state index contributed by atoms with van der Waals surface area (Å²) in [5, 5.41) is 23.9. The van der Waals surface area contributed by atoms with Crippen molar-refractivity contribution in [1.29, 1.82) is 0 Å². The van der Waals surface area contributed by atoms with Gasteiger partial charge in [-0.25, -0.2) is 0 Å². The maximum atomic E-state index is 13.3. The molecular formula is C60H117NO5. The van der Waals surface area contributed by atoms with Gasteiger partial charge < -0.3 is 20.3 Å². The first-order valence-corrected chi connectivity index (χ1v) is 29.9. The van der Waals surface area contributed by atoms with E-state index in [-0.39, 0.29) is 24.9 Å². The first-order chi connectivity index (χ1) is 32.5. The fraction of sp³-hybridized carbons (Fsp3) is 0.933. The van der Waals surface area contributed by atoms with Crippen LogP contribution < -0.4 is 5.32 Å². The lowest BCUT2D eigenvalue weighted by Crippen LogP contribution is -2.46. The van der Waals surface area contributed by atoms with Crippen LogP contribution in [0.2, 0.25) is 0 Å². The van der Waals surface area contributed by atoms with E-state index >= 15 is 0 Å². The third-order valence-electron chi connectivity index (χ3n) is 14.1. The molecule has 0 saturated heterocycles. The molecule has 0 rings (SSSR count). The van der Waals surface area contributed by atoms with Crippen molar-refractivity contribution < 1.29 is 24.5 Å². The van der Waals surface area contributed by atoms with Crippen LogP contribution in [-0.2, 0) is 14.3 Å². The number of ether oxygens (including phenoxy) is 1. The number of carbonyl (C=O) groups is 2. The van der Waals surface area contributed by atoms with Crippen LogP contribution in [0.4, 0.5) is 0 Å². The summed E-state index contributed by atoms with van der Waals surface area (Å²) < 4.78 is 5.96. The van der Waals surface area contributed by atoms with Crippen LogP contribution >= 0.6 is 0 Å². The van der Waals surface area contributed by atoms with E-state index in [2.05, 4.69) is 38.2 Å². The lowest BCUT2D eigenvalue weighted by atomic mass is 10.0. The monoisotopic (exact) mass is 932 g/mol. The summed E-state index contributed by atoms with van der Waals surface area (Å²) in [4.78, 5) is 26.3. The molecule has 0 aromatic carbocycles. The molecule has 0 aromatic rings. The minimum absolute atomic E-state index is 0.0798. The van der Waals surface area contributed by atoms with E-state index in [0.29, 0.717) is 19.3 Å². The molecule has 0 saturated carbocycles. The van der Waals surface area contributed by atoms with Gasteiger partial charge >= 0.3 is 5.97 Å². The summed E-state index contributed by atoms with van der Waals surface area (Å²) in [6.07, 6.45) is 62.8. The van der Waals surface area contributed by atoms with Crippen LogP contribution in [0.15, 0.2) is 12.2 Å². The van der Waals surface area contributed by atoms with Crippen molar-refractivity contribution in [2.24, 2.45) is 0 Å². The van der Waals surface area contributed by atoms with E-state index in [1.54, 1.807) is 0 Å². The van der Waals surface area contributed by atoms with E-state index in [1.165, 1.54) is 238 Å². The van der Waals surface area contributed by atoms with E-state index in [4.69, 9.17) is 4.74 Å². The zero-order valence-electron chi connectivity index (χ0n) is 44.9. The van der Waals surface area contributed by atoms with Gasteiger partial charge in [0.1, 0.15) is 6.10 Å². The quantitative estimate of drug-likeness (QED) is 0.0321. The number of carbonyl (C=O) groups excluding carboxylic acids is 2. The Kier molecular flexibility index (Phi) is 53.4. The molecule has 0 aliphatic rings. The maximum Gasteiger partial charge on any atom is 0.306 e. The van der Waals surface area contributed by atoms with E-state index < -0.39 is 18.2 Å². The molecule has 6 nitrogen and oxygen atoms in total. The number of hydrogen-bond acceptors (Lipinski definition) is 5. The molecule has 392 valence electrons. The molecule has 3 N–H and O–H groups in total. The molecule has 1 amide bonds. The average Bonchev–Trinajstić information content (AvgIpc) is 3.31. The van der Waals surface area contributed by atoms with Gasteiger partial charge in [-0.2, -0.15) is 0 Å². The van der Waals surface area contributed by atoms with Crippen LogP contribution in [-0.4, -0.2) is 46.9 Å². The molecule has 0 spiro atoms. The fourth-order valence-electron chi connectivity index (χ4n) is 9.55. The second-order valence-electron chi connectivity index (χ2n) is 20.8. The Morgan fingerprint density at radius 1 is 0.424 bits per heavy atom. The highest BCUT2D eigenvalue weighted by Gasteiger charge is 2.24. The third kappa shape index (κ3) is 49.0. The Hall–Kier alpha value is -1.40. The van der Waals surface area contributed by atoms with Gasteiger partial charge in [-0.15, -0.1) is 0 Å². The molecule has 6 heteroatoms.